The van der Waals surface area contributed by atoms with E-state index in [2.05, 4.69) is 10.6 Å². The molecular formula is C13H17Cl3N2O. The van der Waals surface area contributed by atoms with Gasteiger partial charge in [-0.05, 0) is 37.1 Å². The summed E-state index contributed by atoms with van der Waals surface area (Å²) in [6, 6.07) is 5.66. The van der Waals surface area contributed by atoms with Crippen molar-refractivity contribution in [1.29, 1.82) is 0 Å². The Balaban J connectivity index is 0.00000180. The quantitative estimate of drug-likeness (QED) is 0.894. The van der Waals surface area contributed by atoms with Crippen molar-refractivity contribution in [2.75, 3.05) is 13.1 Å². The molecule has 1 aromatic rings. The number of carbonyl (C=O) groups excluding carboxylic acids is 1. The molecule has 0 spiro atoms. The molecular weight excluding hydrogens is 307 g/mol. The highest BCUT2D eigenvalue weighted by atomic mass is 35.5. The summed E-state index contributed by atoms with van der Waals surface area (Å²) in [5, 5.41) is 7.32. The van der Waals surface area contributed by atoms with Crippen molar-refractivity contribution >= 4 is 41.5 Å². The molecule has 6 heteroatoms. The van der Waals surface area contributed by atoms with Crippen molar-refractivity contribution in [2.45, 2.75) is 25.3 Å². The largest absolute Gasteiger partial charge is 0.354 e. The molecule has 3 nitrogen and oxygen atoms in total. The van der Waals surface area contributed by atoms with Crippen molar-refractivity contribution in [2.24, 2.45) is 0 Å². The van der Waals surface area contributed by atoms with Crippen molar-refractivity contribution in [3.8, 4) is 0 Å². The molecule has 1 heterocycles. The average Bonchev–Trinajstić information content (AvgIpc) is 2.84. The molecule has 2 N–H and O–H groups in total. The molecule has 0 aliphatic carbocycles. The number of nitrogens with one attached hydrogen (secondary N) is 2. The Bertz CT molecular complexity index is 414. The van der Waals surface area contributed by atoms with E-state index in [4.69, 9.17) is 23.2 Å². The predicted octanol–water partition coefficient (Wildman–Crippen LogP) is 2.83. The average molecular weight is 324 g/mol. The van der Waals surface area contributed by atoms with Crippen molar-refractivity contribution in [3.63, 3.8) is 0 Å². The fraction of sp³-hybridized carbons (Fsp3) is 0.462. The Labute approximate surface area is 129 Å². The summed E-state index contributed by atoms with van der Waals surface area (Å²) >= 11 is 12.0. The van der Waals surface area contributed by atoms with Gasteiger partial charge in [-0.1, -0.05) is 29.3 Å². The van der Waals surface area contributed by atoms with Crippen molar-refractivity contribution < 1.29 is 4.79 Å². The van der Waals surface area contributed by atoms with Crippen LogP contribution in [0.1, 0.15) is 18.4 Å². The van der Waals surface area contributed by atoms with E-state index in [1.165, 1.54) is 6.42 Å². The van der Waals surface area contributed by atoms with E-state index in [-0.39, 0.29) is 24.7 Å². The van der Waals surface area contributed by atoms with Gasteiger partial charge in [-0.3, -0.25) is 4.79 Å². The second-order valence-electron chi connectivity index (χ2n) is 4.47. The molecule has 1 aromatic carbocycles. The second kappa shape index (κ2) is 7.95. The number of amides is 1. The minimum absolute atomic E-state index is 0. The molecule has 1 amide bonds. The van der Waals surface area contributed by atoms with Crippen LogP contribution in [-0.2, 0) is 11.2 Å². The number of hydrogen-bond acceptors (Lipinski definition) is 2. The SMILES string of the molecule is Cl.O=C(Cc1c(Cl)cccc1Cl)NCC1CCCN1. The maximum absolute atomic E-state index is 11.8. The molecule has 19 heavy (non-hydrogen) atoms. The first kappa shape index (κ1) is 16.6. The lowest BCUT2D eigenvalue weighted by Gasteiger charge is -2.12. The van der Waals surface area contributed by atoms with Crippen LogP contribution in [0.5, 0.6) is 0 Å². The Morgan fingerprint density at radius 1 is 1.37 bits per heavy atom. The summed E-state index contributed by atoms with van der Waals surface area (Å²) in [5.41, 5.74) is 0.692. The van der Waals surface area contributed by atoms with Gasteiger partial charge in [0.2, 0.25) is 5.91 Å². The number of hydrogen-bond donors (Lipinski definition) is 2. The maximum Gasteiger partial charge on any atom is 0.224 e. The number of carbonyl (C=O) groups is 1. The van der Waals surface area contributed by atoms with E-state index in [9.17, 15) is 4.79 Å². The van der Waals surface area contributed by atoms with Gasteiger partial charge in [0.05, 0.1) is 6.42 Å². The highest BCUT2D eigenvalue weighted by Crippen LogP contribution is 2.24. The summed E-state index contributed by atoms with van der Waals surface area (Å²) in [7, 11) is 0. The van der Waals surface area contributed by atoms with Crippen LogP contribution in [0.3, 0.4) is 0 Å². The third-order valence-corrected chi connectivity index (χ3v) is 3.82. The first-order valence-corrected chi connectivity index (χ1v) is 6.85. The molecule has 106 valence electrons. The summed E-state index contributed by atoms with van der Waals surface area (Å²) in [6.07, 6.45) is 2.52. The molecule has 1 fully saturated rings. The Morgan fingerprint density at radius 2 is 2.05 bits per heavy atom. The zero-order valence-corrected chi connectivity index (χ0v) is 12.7. The fourth-order valence-corrected chi connectivity index (χ4v) is 2.62. The van der Waals surface area contributed by atoms with Gasteiger partial charge in [-0.25, -0.2) is 0 Å². The zero-order valence-electron chi connectivity index (χ0n) is 10.4. The minimum atomic E-state index is -0.0429. The molecule has 1 aliphatic heterocycles. The van der Waals surface area contributed by atoms with Gasteiger partial charge in [0.25, 0.3) is 0 Å². The molecule has 0 bridgehead atoms. The highest BCUT2D eigenvalue weighted by Gasteiger charge is 2.16. The van der Waals surface area contributed by atoms with Crippen molar-refractivity contribution in [1.82, 2.24) is 10.6 Å². The highest BCUT2D eigenvalue weighted by molar-refractivity contribution is 6.36. The fourth-order valence-electron chi connectivity index (χ4n) is 2.09. The third kappa shape index (κ3) is 4.84. The van der Waals surface area contributed by atoms with E-state index in [1.54, 1.807) is 18.2 Å². The molecule has 0 saturated carbocycles. The van der Waals surface area contributed by atoms with Gasteiger partial charge in [0.15, 0.2) is 0 Å². The molecule has 1 saturated heterocycles. The smallest absolute Gasteiger partial charge is 0.224 e. The lowest BCUT2D eigenvalue weighted by atomic mass is 10.1. The Morgan fingerprint density at radius 3 is 2.63 bits per heavy atom. The minimum Gasteiger partial charge on any atom is -0.354 e. The van der Waals surface area contributed by atoms with E-state index >= 15 is 0 Å². The van der Waals surface area contributed by atoms with Gasteiger partial charge in [0, 0.05) is 22.6 Å². The normalized spacial score (nSPS) is 17.9. The Hall–Kier alpha value is -0.480. The van der Waals surface area contributed by atoms with Crippen LogP contribution in [0.25, 0.3) is 0 Å². The molecule has 2 rings (SSSR count). The second-order valence-corrected chi connectivity index (χ2v) is 5.29. The van der Waals surface area contributed by atoms with E-state index < -0.39 is 0 Å². The van der Waals surface area contributed by atoms with E-state index in [0.29, 0.717) is 28.2 Å². The van der Waals surface area contributed by atoms with Crippen LogP contribution in [0, 0.1) is 0 Å². The van der Waals surface area contributed by atoms with Crippen LogP contribution in [0.2, 0.25) is 10.0 Å². The molecule has 1 atom stereocenters. The molecule has 1 aliphatic rings. The molecule has 0 radical (unpaired) electrons. The lowest BCUT2D eigenvalue weighted by molar-refractivity contribution is -0.120. The summed E-state index contributed by atoms with van der Waals surface area (Å²) in [6.45, 7) is 1.71. The van der Waals surface area contributed by atoms with E-state index in [1.807, 2.05) is 0 Å². The van der Waals surface area contributed by atoms with Crippen LogP contribution in [0.4, 0.5) is 0 Å². The van der Waals surface area contributed by atoms with Gasteiger partial charge >= 0.3 is 0 Å². The van der Waals surface area contributed by atoms with Crippen LogP contribution < -0.4 is 10.6 Å². The van der Waals surface area contributed by atoms with Crippen LogP contribution in [0.15, 0.2) is 18.2 Å². The maximum atomic E-state index is 11.8. The van der Waals surface area contributed by atoms with Crippen LogP contribution in [-0.4, -0.2) is 25.0 Å². The summed E-state index contributed by atoms with van der Waals surface area (Å²) in [5.74, 6) is -0.0429. The van der Waals surface area contributed by atoms with Gasteiger partial charge in [-0.2, -0.15) is 0 Å². The topological polar surface area (TPSA) is 41.1 Å². The first-order chi connectivity index (χ1) is 8.66. The standard InChI is InChI=1S/C13H16Cl2N2O.ClH/c14-11-4-1-5-12(15)10(11)7-13(18)17-8-9-3-2-6-16-9;/h1,4-5,9,16H,2-3,6-8H2,(H,17,18);1H. The van der Waals surface area contributed by atoms with Gasteiger partial charge in [0.1, 0.15) is 0 Å². The number of benzene rings is 1. The van der Waals surface area contributed by atoms with Crippen LogP contribution >= 0.6 is 35.6 Å². The van der Waals surface area contributed by atoms with Gasteiger partial charge in [-0.15, -0.1) is 12.4 Å². The lowest BCUT2D eigenvalue weighted by Crippen LogP contribution is -2.37. The van der Waals surface area contributed by atoms with E-state index in [0.717, 1.165) is 13.0 Å². The molecule has 1 unspecified atom stereocenters. The Kier molecular flexibility index (Phi) is 6.94. The third-order valence-electron chi connectivity index (χ3n) is 3.11. The first-order valence-electron chi connectivity index (χ1n) is 6.10. The summed E-state index contributed by atoms with van der Waals surface area (Å²) < 4.78 is 0. The summed E-state index contributed by atoms with van der Waals surface area (Å²) in [4.78, 5) is 11.8. The van der Waals surface area contributed by atoms with Crippen molar-refractivity contribution in [3.05, 3.63) is 33.8 Å². The zero-order chi connectivity index (χ0) is 13.0. The predicted molar refractivity (Wildman–Crippen MR) is 81.4 cm³/mol. The number of rotatable bonds is 4. The molecule has 0 aromatic heterocycles. The monoisotopic (exact) mass is 322 g/mol. The van der Waals surface area contributed by atoms with Gasteiger partial charge < -0.3 is 10.6 Å². The number of halogens is 3.